The number of aromatic nitrogens is 1. The second-order valence-corrected chi connectivity index (χ2v) is 7.39. The minimum absolute atomic E-state index is 0.240. The van der Waals surface area contributed by atoms with E-state index in [0.717, 1.165) is 41.1 Å². The number of halogens is 1. The van der Waals surface area contributed by atoms with E-state index in [0.29, 0.717) is 6.42 Å². The zero-order valence-corrected chi connectivity index (χ0v) is 14.3. The number of hydrogen-bond donors (Lipinski definition) is 1. The number of fused-ring (bicyclic) bond motifs is 1. The molecule has 1 saturated heterocycles. The SMILES string of the molecule is C[C@@H]1CNCCN1C(=O)CCc1nc2cc(Br)ccc2s1. The zero-order chi connectivity index (χ0) is 14.8. The third-order valence-corrected chi connectivity index (χ3v) is 5.36. The quantitative estimate of drug-likeness (QED) is 0.906. The lowest BCUT2D eigenvalue weighted by atomic mass is 10.2. The van der Waals surface area contributed by atoms with Crippen molar-refractivity contribution in [2.75, 3.05) is 19.6 Å². The molecule has 3 rings (SSSR count). The number of hydrogen-bond acceptors (Lipinski definition) is 4. The second-order valence-electron chi connectivity index (χ2n) is 5.36. The van der Waals surface area contributed by atoms with E-state index in [1.165, 1.54) is 4.70 Å². The molecular weight excluding hydrogens is 350 g/mol. The van der Waals surface area contributed by atoms with E-state index >= 15 is 0 Å². The summed E-state index contributed by atoms with van der Waals surface area (Å²) >= 11 is 5.14. The summed E-state index contributed by atoms with van der Waals surface area (Å²) in [5.41, 5.74) is 1.01. The number of aryl methyl sites for hydroxylation is 1. The predicted octanol–water partition coefficient (Wildman–Crippen LogP) is 2.81. The monoisotopic (exact) mass is 367 g/mol. The van der Waals surface area contributed by atoms with Gasteiger partial charge in [-0.25, -0.2) is 4.98 Å². The molecule has 1 amide bonds. The Morgan fingerprint density at radius 1 is 1.57 bits per heavy atom. The van der Waals surface area contributed by atoms with Crippen LogP contribution >= 0.6 is 27.3 Å². The first-order valence-corrected chi connectivity index (χ1v) is 8.79. The molecule has 0 spiro atoms. The Labute approximate surface area is 136 Å². The van der Waals surface area contributed by atoms with Crippen LogP contribution in [0.15, 0.2) is 22.7 Å². The van der Waals surface area contributed by atoms with E-state index in [9.17, 15) is 4.79 Å². The van der Waals surface area contributed by atoms with E-state index in [2.05, 4.69) is 39.2 Å². The van der Waals surface area contributed by atoms with Crippen molar-refractivity contribution in [3.63, 3.8) is 0 Å². The fraction of sp³-hybridized carbons (Fsp3) is 0.467. The third kappa shape index (κ3) is 3.44. The van der Waals surface area contributed by atoms with Crippen molar-refractivity contribution in [3.8, 4) is 0 Å². The Hall–Kier alpha value is -0.980. The number of nitrogens with zero attached hydrogens (tertiary/aromatic N) is 2. The number of thiazole rings is 1. The lowest BCUT2D eigenvalue weighted by molar-refractivity contribution is -0.133. The standard InChI is InChI=1S/C15H18BrN3OS/c1-10-9-17-6-7-19(10)15(20)5-4-14-18-12-8-11(16)2-3-13(12)21-14/h2-3,8,10,17H,4-7,9H2,1H3/t10-/m1/s1. The van der Waals surface area contributed by atoms with Gasteiger partial charge in [0.2, 0.25) is 5.91 Å². The number of carbonyl (C=O) groups excluding carboxylic acids is 1. The van der Waals surface area contributed by atoms with Gasteiger partial charge in [-0.2, -0.15) is 0 Å². The maximum atomic E-state index is 12.3. The number of piperazine rings is 1. The largest absolute Gasteiger partial charge is 0.337 e. The van der Waals surface area contributed by atoms with Crippen molar-refractivity contribution in [2.45, 2.75) is 25.8 Å². The number of benzene rings is 1. The zero-order valence-electron chi connectivity index (χ0n) is 11.9. The number of carbonyl (C=O) groups is 1. The Morgan fingerprint density at radius 3 is 3.24 bits per heavy atom. The molecule has 2 heterocycles. The fourth-order valence-corrected chi connectivity index (χ4v) is 3.92. The number of nitrogens with one attached hydrogen (secondary N) is 1. The molecule has 1 atom stereocenters. The van der Waals surface area contributed by atoms with Crippen LogP contribution in [0.25, 0.3) is 10.2 Å². The summed E-state index contributed by atoms with van der Waals surface area (Å²) in [6, 6.07) is 6.41. The molecule has 6 heteroatoms. The Bertz CT molecular complexity index is 657. The van der Waals surface area contributed by atoms with Crippen molar-refractivity contribution in [1.82, 2.24) is 15.2 Å². The maximum Gasteiger partial charge on any atom is 0.223 e. The van der Waals surface area contributed by atoms with Crippen LogP contribution in [0.3, 0.4) is 0 Å². The van der Waals surface area contributed by atoms with Gasteiger partial charge in [0.1, 0.15) is 0 Å². The summed E-state index contributed by atoms with van der Waals surface area (Å²) in [6.45, 7) is 4.69. The molecule has 1 N–H and O–H groups in total. The normalized spacial score (nSPS) is 19.1. The molecule has 0 aliphatic carbocycles. The van der Waals surface area contributed by atoms with Crippen LogP contribution in [-0.2, 0) is 11.2 Å². The van der Waals surface area contributed by atoms with Gasteiger partial charge >= 0.3 is 0 Å². The molecule has 0 bridgehead atoms. The topological polar surface area (TPSA) is 45.2 Å². The summed E-state index contributed by atoms with van der Waals surface area (Å²) in [5, 5.41) is 4.35. The minimum atomic E-state index is 0.240. The molecule has 1 aromatic heterocycles. The van der Waals surface area contributed by atoms with E-state index < -0.39 is 0 Å². The van der Waals surface area contributed by atoms with Crippen molar-refractivity contribution in [3.05, 3.63) is 27.7 Å². The van der Waals surface area contributed by atoms with Gasteiger partial charge in [-0.05, 0) is 25.1 Å². The van der Waals surface area contributed by atoms with Gasteiger partial charge < -0.3 is 10.2 Å². The Balaban J connectivity index is 1.64. The van der Waals surface area contributed by atoms with Crippen molar-refractivity contribution >= 4 is 43.4 Å². The molecule has 0 unspecified atom stereocenters. The van der Waals surface area contributed by atoms with E-state index in [-0.39, 0.29) is 11.9 Å². The van der Waals surface area contributed by atoms with E-state index in [1.54, 1.807) is 11.3 Å². The highest BCUT2D eigenvalue weighted by Crippen LogP contribution is 2.26. The molecule has 1 fully saturated rings. The Kier molecular flexibility index (Phi) is 4.57. The van der Waals surface area contributed by atoms with Crippen LogP contribution in [0.4, 0.5) is 0 Å². The molecule has 21 heavy (non-hydrogen) atoms. The van der Waals surface area contributed by atoms with E-state index in [4.69, 9.17) is 0 Å². The van der Waals surface area contributed by atoms with Crippen molar-refractivity contribution in [1.29, 1.82) is 0 Å². The molecule has 1 aromatic carbocycles. The average molecular weight is 368 g/mol. The average Bonchev–Trinajstić information content (AvgIpc) is 2.87. The molecule has 0 radical (unpaired) electrons. The lowest BCUT2D eigenvalue weighted by Gasteiger charge is -2.34. The minimum Gasteiger partial charge on any atom is -0.337 e. The molecule has 0 saturated carbocycles. The maximum absolute atomic E-state index is 12.3. The summed E-state index contributed by atoms with van der Waals surface area (Å²) in [5.74, 6) is 0.240. The molecular formula is C15H18BrN3OS. The first kappa shape index (κ1) is 14.9. The van der Waals surface area contributed by atoms with Gasteiger partial charge in [0, 0.05) is 43.0 Å². The number of amides is 1. The summed E-state index contributed by atoms with van der Waals surface area (Å²) in [4.78, 5) is 18.9. The second kappa shape index (κ2) is 6.42. The van der Waals surface area contributed by atoms with Gasteiger partial charge in [0.25, 0.3) is 0 Å². The third-order valence-electron chi connectivity index (χ3n) is 3.77. The molecule has 4 nitrogen and oxygen atoms in total. The van der Waals surface area contributed by atoms with Gasteiger partial charge in [0.15, 0.2) is 0 Å². The lowest BCUT2D eigenvalue weighted by Crippen LogP contribution is -2.52. The first-order chi connectivity index (χ1) is 10.1. The smallest absolute Gasteiger partial charge is 0.223 e. The fourth-order valence-electron chi connectivity index (χ4n) is 2.62. The van der Waals surface area contributed by atoms with E-state index in [1.807, 2.05) is 17.0 Å². The van der Waals surface area contributed by atoms with Crippen molar-refractivity contribution in [2.24, 2.45) is 0 Å². The van der Waals surface area contributed by atoms with Crippen LogP contribution in [-0.4, -0.2) is 41.5 Å². The van der Waals surface area contributed by atoms with Crippen LogP contribution in [0.5, 0.6) is 0 Å². The highest BCUT2D eigenvalue weighted by atomic mass is 79.9. The van der Waals surface area contributed by atoms with Crippen LogP contribution in [0.2, 0.25) is 0 Å². The van der Waals surface area contributed by atoms with Gasteiger partial charge in [-0.1, -0.05) is 15.9 Å². The molecule has 1 aliphatic rings. The molecule has 1 aliphatic heterocycles. The molecule has 112 valence electrons. The van der Waals surface area contributed by atoms with Crippen LogP contribution in [0, 0.1) is 0 Å². The highest BCUT2D eigenvalue weighted by molar-refractivity contribution is 9.10. The van der Waals surface area contributed by atoms with Crippen LogP contribution in [0.1, 0.15) is 18.4 Å². The van der Waals surface area contributed by atoms with Crippen LogP contribution < -0.4 is 5.32 Å². The summed E-state index contributed by atoms with van der Waals surface area (Å²) in [7, 11) is 0. The summed E-state index contributed by atoms with van der Waals surface area (Å²) < 4.78 is 2.22. The van der Waals surface area contributed by atoms with Gasteiger partial charge in [0.05, 0.1) is 15.2 Å². The highest BCUT2D eigenvalue weighted by Gasteiger charge is 2.22. The summed E-state index contributed by atoms with van der Waals surface area (Å²) in [6.07, 6.45) is 1.28. The van der Waals surface area contributed by atoms with Gasteiger partial charge in [-0.3, -0.25) is 4.79 Å². The molecule has 2 aromatic rings. The first-order valence-electron chi connectivity index (χ1n) is 7.18. The predicted molar refractivity (Wildman–Crippen MR) is 89.7 cm³/mol. The number of rotatable bonds is 3. The Morgan fingerprint density at radius 2 is 2.43 bits per heavy atom. The van der Waals surface area contributed by atoms with Crippen molar-refractivity contribution < 1.29 is 4.79 Å². The van der Waals surface area contributed by atoms with Gasteiger partial charge in [-0.15, -0.1) is 11.3 Å².